The first-order valence-electron chi connectivity index (χ1n) is 6.01. The van der Waals surface area contributed by atoms with Crippen molar-refractivity contribution in [3.05, 3.63) is 17.4 Å². The van der Waals surface area contributed by atoms with Gasteiger partial charge in [0.1, 0.15) is 11.1 Å². The van der Waals surface area contributed by atoms with Gasteiger partial charge in [-0.15, -0.1) is 0 Å². The fraction of sp³-hybridized carbons (Fsp3) is 0.769. The molecule has 98 valence electrons. The van der Waals surface area contributed by atoms with E-state index in [1.54, 1.807) is 6.92 Å². The Bertz CT molecular complexity index is 336. The Morgan fingerprint density at radius 1 is 1.29 bits per heavy atom. The van der Waals surface area contributed by atoms with Gasteiger partial charge < -0.3 is 5.21 Å². The van der Waals surface area contributed by atoms with Crippen molar-refractivity contribution in [2.75, 3.05) is 0 Å². The van der Waals surface area contributed by atoms with Crippen LogP contribution in [0, 0.1) is 11.1 Å². The van der Waals surface area contributed by atoms with E-state index < -0.39 is 15.8 Å². The largest absolute Gasteiger partial charge is 0.611 e. The zero-order valence-electron chi connectivity index (χ0n) is 11.5. The van der Waals surface area contributed by atoms with E-state index >= 15 is 0 Å². The normalized spacial score (nSPS) is 35.4. The predicted molar refractivity (Wildman–Crippen MR) is 68.5 cm³/mol. The Kier molecular flexibility index (Phi) is 3.29. The van der Waals surface area contributed by atoms with Gasteiger partial charge in [-0.2, -0.15) is 5.84 Å². The third-order valence-corrected chi connectivity index (χ3v) is 4.08. The number of allylic oxidation sites excluding steroid dienone is 1. The highest BCUT2D eigenvalue weighted by molar-refractivity contribution is 5.96. The van der Waals surface area contributed by atoms with Crippen LogP contribution in [0.1, 0.15) is 47.5 Å². The highest BCUT2D eigenvalue weighted by Crippen LogP contribution is 2.45. The molecule has 1 aliphatic heterocycles. The average molecular weight is 240 g/mol. The number of piperidine rings is 1. The molecule has 17 heavy (non-hydrogen) atoms. The average Bonchev–Trinajstić information content (AvgIpc) is 2.12. The van der Waals surface area contributed by atoms with E-state index in [1.807, 2.05) is 27.7 Å². The first-order valence-corrected chi connectivity index (χ1v) is 6.01. The molecule has 2 N–H and O–H groups in total. The molecule has 0 spiro atoms. The number of carbonyl (C=O) groups excluding carboxylic acids is 1. The van der Waals surface area contributed by atoms with Crippen molar-refractivity contribution in [1.29, 1.82) is 0 Å². The summed E-state index contributed by atoms with van der Waals surface area (Å²) >= 11 is 0. The van der Waals surface area contributed by atoms with Crippen LogP contribution in [-0.4, -0.2) is 21.6 Å². The Morgan fingerprint density at radius 3 is 1.94 bits per heavy atom. The third kappa shape index (κ3) is 2.17. The van der Waals surface area contributed by atoms with E-state index in [1.165, 1.54) is 0 Å². The Morgan fingerprint density at radius 2 is 1.65 bits per heavy atom. The molecule has 0 radical (unpaired) electrons. The molecule has 0 saturated carbocycles. The van der Waals surface area contributed by atoms with Gasteiger partial charge in [-0.3, -0.25) is 9.55 Å². The summed E-state index contributed by atoms with van der Waals surface area (Å²) < 4.78 is -0.792. The number of Topliss-reactive ketones (excluding diaryl/α,β-unsaturated/α-hetero) is 1. The molecule has 0 unspecified atom stereocenters. The SMILES string of the molecule is C=C(C)C(=O)C1CC(C)(C)[N+](N)([O-])C(C)(C)C1. The molecule has 0 atom stereocenters. The molecule has 1 aliphatic rings. The first kappa shape index (κ1) is 14.4. The van der Waals surface area contributed by atoms with Gasteiger partial charge >= 0.3 is 0 Å². The van der Waals surface area contributed by atoms with E-state index in [0.29, 0.717) is 18.4 Å². The van der Waals surface area contributed by atoms with Crippen LogP contribution < -0.4 is 5.84 Å². The Balaban J connectivity index is 3.08. The lowest BCUT2D eigenvalue weighted by atomic mass is 9.72. The first-order chi connectivity index (χ1) is 7.42. The van der Waals surface area contributed by atoms with Crippen LogP contribution in [0.2, 0.25) is 0 Å². The summed E-state index contributed by atoms with van der Waals surface area (Å²) in [4.78, 5) is 12.0. The number of carbonyl (C=O) groups is 1. The van der Waals surface area contributed by atoms with Crippen molar-refractivity contribution in [1.82, 2.24) is 0 Å². The van der Waals surface area contributed by atoms with Crippen molar-refractivity contribution >= 4 is 5.78 Å². The van der Waals surface area contributed by atoms with E-state index in [-0.39, 0.29) is 11.7 Å². The van der Waals surface area contributed by atoms with Gasteiger partial charge in [-0.05, 0) is 40.2 Å². The maximum atomic E-state index is 12.5. The van der Waals surface area contributed by atoms with Crippen LogP contribution in [0.25, 0.3) is 0 Å². The smallest absolute Gasteiger partial charge is 0.161 e. The number of nitrogens with two attached hydrogens (primary N) is 1. The molecule has 1 rings (SSSR count). The van der Waals surface area contributed by atoms with Crippen molar-refractivity contribution in [3.8, 4) is 0 Å². The maximum absolute atomic E-state index is 12.5. The van der Waals surface area contributed by atoms with Crippen molar-refractivity contribution in [2.45, 2.75) is 58.5 Å². The molecule has 0 aromatic carbocycles. The highest BCUT2D eigenvalue weighted by atomic mass is 16.6. The number of ketones is 1. The number of hydrogen-bond donors (Lipinski definition) is 1. The molecule has 0 amide bonds. The molecule has 0 aromatic heterocycles. The van der Waals surface area contributed by atoms with Gasteiger partial charge in [0.05, 0.1) is 0 Å². The molecule has 0 aliphatic carbocycles. The van der Waals surface area contributed by atoms with Crippen LogP contribution in [-0.2, 0) is 4.79 Å². The van der Waals surface area contributed by atoms with E-state index in [4.69, 9.17) is 5.84 Å². The second kappa shape index (κ2) is 3.90. The standard InChI is InChI=1S/C13H24N2O2/c1-9(2)11(16)10-7-12(3,4)15(14,17)13(5,6)8-10/h10H,1,7-8,14H2,2-6H3. The molecule has 4 nitrogen and oxygen atoms in total. The number of hydrogen-bond acceptors (Lipinski definition) is 3. The quantitative estimate of drug-likeness (QED) is 0.348. The third-order valence-electron chi connectivity index (χ3n) is 4.08. The van der Waals surface area contributed by atoms with Crippen LogP contribution in [0.5, 0.6) is 0 Å². The van der Waals surface area contributed by atoms with Crippen LogP contribution in [0.3, 0.4) is 0 Å². The van der Waals surface area contributed by atoms with Crippen LogP contribution >= 0.6 is 0 Å². The molecule has 1 heterocycles. The molecule has 0 bridgehead atoms. The topological polar surface area (TPSA) is 66.2 Å². The summed E-state index contributed by atoms with van der Waals surface area (Å²) in [6.45, 7) is 12.8. The van der Waals surface area contributed by atoms with Gasteiger partial charge in [0.25, 0.3) is 0 Å². The fourth-order valence-electron chi connectivity index (χ4n) is 2.90. The van der Waals surface area contributed by atoms with Gasteiger partial charge in [-0.1, -0.05) is 6.58 Å². The summed E-state index contributed by atoms with van der Waals surface area (Å²) in [5.74, 6) is 5.84. The number of hydroxylamine groups is 2. The molecule has 4 heteroatoms. The zero-order chi connectivity index (χ0) is 13.6. The summed E-state index contributed by atoms with van der Waals surface area (Å²) in [7, 11) is 0. The fourth-order valence-corrected chi connectivity index (χ4v) is 2.90. The summed E-state index contributed by atoms with van der Waals surface area (Å²) in [6, 6.07) is 0. The minimum atomic E-state index is -0.792. The van der Waals surface area contributed by atoms with E-state index in [2.05, 4.69) is 6.58 Å². The monoisotopic (exact) mass is 240 g/mol. The Hall–Kier alpha value is -0.710. The summed E-state index contributed by atoms with van der Waals surface area (Å²) in [5.41, 5.74) is -0.751. The van der Waals surface area contributed by atoms with Gasteiger partial charge in [0.2, 0.25) is 0 Å². The second-order valence-electron chi connectivity index (χ2n) is 6.53. The van der Waals surface area contributed by atoms with Gasteiger partial charge in [0, 0.05) is 18.8 Å². The molecule has 0 aromatic rings. The molecule has 1 saturated heterocycles. The number of quaternary nitrogens is 1. The van der Waals surface area contributed by atoms with Crippen molar-refractivity contribution in [2.24, 2.45) is 11.8 Å². The van der Waals surface area contributed by atoms with Crippen LogP contribution in [0.15, 0.2) is 12.2 Å². The molecular weight excluding hydrogens is 216 g/mol. The van der Waals surface area contributed by atoms with Crippen LogP contribution in [0.4, 0.5) is 0 Å². The minimum absolute atomic E-state index is 0.0610. The zero-order valence-corrected chi connectivity index (χ0v) is 11.5. The Labute approximate surface area is 104 Å². The number of rotatable bonds is 2. The lowest BCUT2D eigenvalue weighted by Crippen LogP contribution is -2.75. The second-order valence-corrected chi connectivity index (χ2v) is 6.53. The molecule has 1 fully saturated rings. The molecular formula is C13H24N2O2. The predicted octanol–water partition coefficient (Wildman–Crippen LogP) is 2.29. The van der Waals surface area contributed by atoms with Gasteiger partial charge in [-0.25, -0.2) is 0 Å². The van der Waals surface area contributed by atoms with Gasteiger partial charge in [0.15, 0.2) is 5.78 Å². The maximum Gasteiger partial charge on any atom is 0.161 e. The number of nitrogens with zero attached hydrogens (tertiary/aromatic N) is 1. The van der Waals surface area contributed by atoms with Crippen molar-refractivity contribution < 1.29 is 9.55 Å². The lowest BCUT2D eigenvalue weighted by Gasteiger charge is -2.62. The van der Waals surface area contributed by atoms with Crippen molar-refractivity contribution in [3.63, 3.8) is 0 Å². The highest BCUT2D eigenvalue weighted by Gasteiger charge is 2.54. The van der Waals surface area contributed by atoms with E-state index in [0.717, 1.165) is 0 Å². The lowest BCUT2D eigenvalue weighted by molar-refractivity contribution is -0.989. The van der Waals surface area contributed by atoms with E-state index in [9.17, 15) is 10.0 Å². The minimum Gasteiger partial charge on any atom is -0.611 e. The summed E-state index contributed by atoms with van der Waals surface area (Å²) in [6.07, 6.45) is 1.03. The summed E-state index contributed by atoms with van der Waals surface area (Å²) in [5, 5.41) is 12.5.